The number of hydrogen-bond donors (Lipinski definition) is 0. The zero-order valence-electron chi connectivity index (χ0n) is 16.7. The molecule has 2 aromatic rings. The topological polar surface area (TPSA) is 66.9 Å². The summed E-state index contributed by atoms with van der Waals surface area (Å²) >= 11 is 0. The van der Waals surface area contributed by atoms with Gasteiger partial charge in [0, 0.05) is 26.3 Å². The molecular weight excluding hydrogens is 376 g/mol. The molecule has 1 aliphatic heterocycles. The van der Waals surface area contributed by atoms with Crippen molar-refractivity contribution in [3.05, 3.63) is 53.6 Å². The van der Waals surface area contributed by atoms with E-state index < -0.39 is 16.1 Å². The van der Waals surface area contributed by atoms with Gasteiger partial charge in [0.15, 0.2) is 6.10 Å². The van der Waals surface area contributed by atoms with E-state index in [4.69, 9.17) is 4.74 Å². The van der Waals surface area contributed by atoms with E-state index in [1.54, 1.807) is 23.1 Å². The van der Waals surface area contributed by atoms with Crippen molar-refractivity contribution in [1.29, 1.82) is 0 Å². The molecule has 0 aromatic heterocycles. The van der Waals surface area contributed by atoms with Gasteiger partial charge in [-0.25, -0.2) is 12.7 Å². The second kappa shape index (κ2) is 7.93. The highest BCUT2D eigenvalue weighted by atomic mass is 32.2. The molecule has 1 aliphatic rings. The first kappa shape index (κ1) is 20.4. The molecule has 0 radical (unpaired) electrons. The summed E-state index contributed by atoms with van der Waals surface area (Å²) in [6.45, 7) is 4.39. The highest BCUT2D eigenvalue weighted by molar-refractivity contribution is 7.89. The van der Waals surface area contributed by atoms with Crippen molar-refractivity contribution in [2.45, 2.75) is 37.7 Å². The van der Waals surface area contributed by atoms with Gasteiger partial charge in [-0.1, -0.05) is 25.1 Å². The molecule has 150 valence electrons. The van der Waals surface area contributed by atoms with E-state index in [-0.39, 0.29) is 10.8 Å². The molecule has 0 bridgehead atoms. The molecule has 0 saturated carbocycles. The number of aryl methyl sites for hydroxylation is 1. The zero-order chi connectivity index (χ0) is 20.5. The number of ether oxygens (including phenoxy) is 1. The SMILES string of the molecule is CC[C@@H](Oc1ccccc1C)C(=O)N1CCc2cc(S(=O)(=O)N(C)C)ccc21. The number of carbonyl (C=O) groups excluding carboxylic acids is 1. The summed E-state index contributed by atoms with van der Waals surface area (Å²) in [5, 5.41) is 0. The molecule has 1 amide bonds. The Morgan fingerprint density at radius 2 is 1.93 bits per heavy atom. The summed E-state index contributed by atoms with van der Waals surface area (Å²) in [6.07, 6.45) is 0.585. The smallest absolute Gasteiger partial charge is 0.268 e. The highest BCUT2D eigenvalue weighted by Gasteiger charge is 2.32. The lowest BCUT2D eigenvalue weighted by Gasteiger charge is -2.25. The van der Waals surface area contributed by atoms with Gasteiger partial charge in [-0.05, 0) is 55.2 Å². The van der Waals surface area contributed by atoms with Crippen molar-refractivity contribution in [3.8, 4) is 5.75 Å². The van der Waals surface area contributed by atoms with Gasteiger partial charge < -0.3 is 9.64 Å². The molecule has 0 spiro atoms. The summed E-state index contributed by atoms with van der Waals surface area (Å²) in [6, 6.07) is 12.6. The molecule has 6 nitrogen and oxygen atoms in total. The number of benzene rings is 2. The molecule has 7 heteroatoms. The Hall–Kier alpha value is -2.38. The number of anilines is 1. The Morgan fingerprint density at radius 1 is 1.21 bits per heavy atom. The van der Waals surface area contributed by atoms with Crippen molar-refractivity contribution >= 4 is 21.6 Å². The Labute approximate surface area is 166 Å². The Balaban J connectivity index is 1.84. The standard InChI is InChI=1S/C21H26N2O4S/c1-5-19(27-20-9-7-6-8-15(20)2)21(24)23-13-12-16-14-17(10-11-18(16)23)28(25,26)22(3)4/h6-11,14,19H,5,12-13H2,1-4H3/t19-/m1/s1. The molecule has 28 heavy (non-hydrogen) atoms. The van der Waals surface area contributed by atoms with Crippen LogP contribution in [0.25, 0.3) is 0 Å². The van der Waals surface area contributed by atoms with E-state index in [2.05, 4.69) is 0 Å². The third-order valence-electron chi connectivity index (χ3n) is 5.00. The van der Waals surface area contributed by atoms with Crippen LogP contribution in [0.1, 0.15) is 24.5 Å². The molecule has 0 fully saturated rings. The third kappa shape index (κ3) is 3.77. The lowest BCUT2D eigenvalue weighted by molar-refractivity contribution is -0.125. The van der Waals surface area contributed by atoms with Gasteiger partial charge in [-0.2, -0.15) is 0 Å². The quantitative estimate of drug-likeness (QED) is 0.745. The van der Waals surface area contributed by atoms with Crippen LogP contribution in [0.4, 0.5) is 5.69 Å². The first-order valence-corrected chi connectivity index (χ1v) is 10.8. The monoisotopic (exact) mass is 402 g/mol. The molecule has 1 heterocycles. The van der Waals surface area contributed by atoms with Crippen LogP contribution < -0.4 is 9.64 Å². The molecule has 0 N–H and O–H groups in total. The largest absolute Gasteiger partial charge is 0.480 e. The van der Waals surface area contributed by atoms with Crippen molar-refractivity contribution in [2.75, 3.05) is 25.5 Å². The second-order valence-electron chi connectivity index (χ2n) is 7.10. The fraction of sp³-hybridized carbons (Fsp3) is 0.381. The minimum Gasteiger partial charge on any atom is -0.480 e. The minimum absolute atomic E-state index is 0.104. The first-order chi connectivity index (χ1) is 13.3. The van der Waals surface area contributed by atoms with Gasteiger partial charge >= 0.3 is 0 Å². The maximum Gasteiger partial charge on any atom is 0.268 e. The van der Waals surface area contributed by atoms with E-state index in [0.717, 1.165) is 16.8 Å². The average Bonchev–Trinajstić information content (AvgIpc) is 3.10. The van der Waals surface area contributed by atoms with Crippen LogP contribution in [0.2, 0.25) is 0 Å². The van der Waals surface area contributed by atoms with E-state index in [1.807, 2.05) is 38.1 Å². The van der Waals surface area contributed by atoms with Crippen molar-refractivity contribution in [2.24, 2.45) is 0 Å². The summed E-state index contributed by atoms with van der Waals surface area (Å²) in [5.41, 5.74) is 2.60. The van der Waals surface area contributed by atoms with Crippen LogP contribution in [-0.4, -0.2) is 45.4 Å². The van der Waals surface area contributed by atoms with Crippen molar-refractivity contribution in [3.63, 3.8) is 0 Å². The molecular formula is C21H26N2O4S. The van der Waals surface area contributed by atoms with Crippen LogP contribution in [0.5, 0.6) is 5.75 Å². The van der Waals surface area contributed by atoms with Crippen LogP contribution in [0.15, 0.2) is 47.4 Å². The minimum atomic E-state index is -3.50. The molecule has 1 atom stereocenters. The van der Waals surface area contributed by atoms with E-state index in [9.17, 15) is 13.2 Å². The Bertz CT molecular complexity index is 986. The average molecular weight is 403 g/mol. The maximum absolute atomic E-state index is 13.1. The number of hydrogen-bond acceptors (Lipinski definition) is 4. The normalized spacial score (nSPS) is 14.8. The van der Waals surface area contributed by atoms with Gasteiger partial charge in [0.2, 0.25) is 10.0 Å². The molecule has 0 unspecified atom stereocenters. The third-order valence-corrected chi connectivity index (χ3v) is 6.81. The van der Waals surface area contributed by atoms with Gasteiger partial charge in [0.1, 0.15) is 5.75 Å². The highest BCUT2D eigenvalue weighted by Crippen LogP contribution is 2.32. The Morgan fingerprint density at radius 3 is 2.57 bits per heavy atom. The van der Waals surface area contributed by atoms with Gasteiger partial charge in [0.25, 0.3) is 5.91 Å². The summed E-state index contributed by atoms with van der Waals surface area (Å²) < 4.78 is 31.9. The lowest BCUT2D eigenvalue weighted by atomic mass is 10.1. The number of carbonyl (C=O) groups is 1. The summed E-state index contributed by atoms with van der Waals surface area (Å²) in [7, 11) is -0.483. The van der Waals surface area contributed by atoms with Gasteiger partial charge in [-0.15, -0.1) is 0 Å². The maximum atomic E-state index is 13.1. The second-order valence-corrected chi connectivity index (χ2v) is 9.25. The number of nitrogens with zero attached hydrogens (tertiary/aromatic N) is 2. The van der Waals surface area contributed by atoms with Crippen LogP contribution in [-0.2, 0) is 21.2 Å². The van der Waals surface area contributed by atoms with Crippen LogP contribution in [0, 0.1) is 6.92 Å². The van der Waals surface area contributed by atoms with Crippen LogP contribution in [0.3, 0.4) is 0 Å². The lowest BCUT2D eigenvalue weighted by Crippen LogP contribution is -2.41. The van der Waals surface area contributed by atoms with E-state index in [0.29, 0.717) is 25.1 Å². The first-order valence-electron chi connectivity index (χ1n) is 9.34. The van der Waals surface area contributed by atoms with Gasteiger partial charge in [0.05, 0.1) is 4.90 Å². The number of rotatable bonds is 6. The van der Waals surface area contributed by atoms with E-state index in [1.165, 1.54) is 18.4 Å². The number of sulfonamides is 1. The molecule has 0 saturated heterocycles. The van der Waals surface area contributed by atoms with Crippen molar-refractivity contribution < 1.29 is 17.9 Å². The van der Waals surface area contributed by atoms with Crippen LogP contribution >= 0.6 is 0 Å². The number of para-hydroxylation sites is 1. The fourth-order valence-corrected chi connectivity index (χ4v) is 4.26. The summed E-state index contributed by atoms with van der Waals surface area (Å²) in [5.74, 6) is 0.599. The van der Waals surface area contributed by atoms with Crippen molar-refractivity contribution in [1.82, 2.24) is 4.31 Å². The molecule has 0 aliphatic carbocycles. The van der Waals surface area contributed by atoms with Gasteiger partial charge in [-0.3, -0.25) is 4.79 Å². The predicted octanol–water partition coefficient (Wildman–Crippen LogP) is 2.99. The number of amides is 1. The molecule has 3 rings (SSSR count). The Kier molecular flexibility index (Phi) is 5.76. The summed E-state index contributed by atoms with van der Waals surface area (Å²) in [4.78, 5) is 15.1. The molecule has 2 aromatic carbocycles. The predicted molar refractivity (Wildman–Crippen MR) is 109 cm³/mol. The fourth-order valence-electron chi connectivity index (χ4n) is 3.30. The zero-order valence-corrected chi connectivity index (χ0v) is 17.5. The van der Waals surface area contributed by atoms with E-state index >= 15 is 0 Å². The number of fused-ring (bicyclic) bond motifs is 1.